The number of hydrogen-bond donors (Lipinski definition) is 0. The van der Waals surface area contributed by atoms with Crippen molar-refractivity contribution >= 4 is 0 Å². The monoisotopic (exact) mass is 247 g/mol. The van der Waals surface area contributed by atoms with Gasteiger partial charge in [0.2, 0.25) is 0 Å². The van der Waals surface area contributed by atoms with Gasteiger partial charge >= 0.3 is 0 Å². The highest BCUT2D eigenvalue weighted by molar-refractivity contribution is 5.07. The van der Waals surface area contributed by atoms with E-state index in [1.807, 2.05) is 0 Å². The summed E-state index contributed by atoms with van der Waals surface area (Å²) in [6.45, 7) is 0. The second kappa shape index (κ2) is 6.44. The van der Waals surface area contributed by atoms with E-state index in [9.17, 15) is 0 Å². The van der Waals surface area contributed by atoms with E-state index in [1.165, 1.54) is 57.8 Å². The molecule has 0 heterocycles. The van der Waals surface area contributed by atoms with Crippen LogP contribution in [0.25, 0.3) is 0 Å². The van der Waals surface area contributed by atoms with Gasteiger partial charge < -0.3 is 0 Å². The quantitative estimate of drug-likeness (QED) is 0.569. The molecule has 0 aromatic carbocycles. The van der Waals surface area contributed by atoms with Gasteiger partial charge in [0.1, 0.15) is 0 Å². The Labute approximate surface area is 114 Å². The third-order valence-electron chi connectivity index (χ3n) is 6.06. The molecule has 0 heteroatoms. The van der Waals surface area contributed by atoms with Gasteiger partial charge in [0.15, 0.2) is 0 Å². The molecule has 0 amide bonds. The molecule has 18 heavy (non-hydrogen) atoms. The molecule has 0 bridgehead atoms. The van der Waals surface area contributed by atoms with Gasteiger partial charge in [0, 0.05) is 0 Å². The SMILES string of the molecule is C1CCC([C]2CCCCC2C2CCCCC2)CC1. The van der Waals surface area contributed by atoms with E-state index in [0.717, 1.165) is 17.8 Å². The van der Waals surface area contributed by atoms with Crippen LogP contribution in [0.5, 0.6) is 0 Å². The molecular weight excluding hydrogens is 216 g/mol. The first kappa shape index (κ1) is 13.0. The normalized spacial score (nSPS) is 33.7. The zero-order valence-corrected chi connectivity index (χ0v) is 12.1. The first-order valence-corrected chi connectivity index (χ1v) is 8.81. The van der Waals surface area contributed by atoms with Crippen molar-refractivity contribution in [2.75, 3.05) is 0 Å². The van der Waals surface area contributed by atoms with Crippen molar-refractivity contribution in [1.29, 1.82) is 0 Å². The summed E-state index contributed by atoms with van der Waals surface area (Å²) in [5.74, 6) is 5.26. The fraction of sp³-hybridized carbons (Fsp3) is 0.944. The van der Waals surface area contributed by atoms with Crippen molar-refractivity contribution < 1.29 is 0 Å². The second-order valence-corrected chi connectivity index (χ2v) is 7.16. The highest BCUT2D eigenvalue weighted by Crippen LogP contribution is 2.48. The third-order valence-corrected chi connectivity index (χ3v) is 6.06. The highest BCUT2D eigenvalue weighted by atomic mass is 14.4. The fourth-order valence-corrected chi connectivity index (χ4v) is 5.12. The lowest BCUT2D eigenvalue weighted by molar-refractivity contribution is 0.175. The molecule has 0 aliphatic heterocycles. The Morgan fingerprint density at radius 1 is 0.556 bits per heavy atom. The molecule has 0 spiro atoms. The van der Waals surface area contributed by atoms with Crippen molar-refractivity contribution in [2.24, 2.45) is 17.8 Å². The molecule has 1 atom stereocenters. The minimum absolute atomic E-state index is 1.05. The van der Waals surface area contributed by atoms with Crippen LogP contribution in [-0.2, 0) is 0 Å². The lowest BCUT2D eigenvalue weighted by Crippen LogP contribution is -2.32. The molecule has 0 aromatic heterocycles. The topological polar surface area (TPSA) is 0 Å². The molecule has 1 radical (unpaired) electrons. The number of hydrogen-bond acceptors (Lipinski definition) is 0. The molecule has 0 aromatic rings. The lowest BCUT2D eigenvalue weighted by atomic mass is 9.62. The van der Waals surface area contributed by atoms with E-state index in [4.69, 9.17) is 0 Å². The van der Waals surface area contributed by atoms with E-state index in [2.05, 4.69) is 5.92 Å². The average molecular weight is 247 g/mol. The maximum Gasteiger partial charge on any atom is -0.0176 e. The summed E-state index contributed by atoms with van der Waals surface area (Å²) in [5.41, 5.74) is 0. The summed E-state index contributed by atoms with van der Waals surface area (Å²) in [6, 6.07) is 0. The zero-order chi connectivity index (χ0) is 12.2. The van der Waals surface area contributed by atoms with E-state index < -0.39 is 0 Å². The number of rotatable bonds is 2. The molecule has 103 valence electrons. The van der Waals surface area contributed by atoms with Crippen LogP contribution in [-0.4, -0.2) is 0 Å². The summed E-state index contributed by atoms with van der Waals surface area (Å²) in [6.07, 6.45) is 21.4. The van der Waals surface area contributed by atoms with E-state index in [-0.39, 0.29) is 0 Å². The van der Waals surface area contributed by atoms with Gasteiger partial charge in [-0.05, 0) is 49.4 Å². The van der Waals surface area contributed by atoms with Crippen molar-refractivity contribution in [2.45, 2.75) is 89.9 Å². The predicted octanol–water partition coefficient (Wildman–Crippen LogP) is 5.91. The Balaban J connectivity index is 1.64. The Morgan fingerprint density at radius 2 is 1.17 bits per heavy atom. The van der Waals surface area contributed by atoms with Gasteiger partial charge in [-0.3, -0.25) is 0 Å². The minimum Gasteiger partial charge on any atom is -0.0533 e. The standard InChI is InChI=1S/C18H31/c1-3-9-15(10-4-1)17-13-7-8-14-18(17)16-11-5-2-6-12-16/h15-17H,1-14H2. The Bertz CT molecular complexity index is 206. The minimum atomic E-state index is 1.05. The second-order valence-electron chi connectivity index (χ2n) is 7.16. The van der Waals surface area contributed by atoms with Gasteiger partial charge in [-0.15, -0.1) is 0 Å². The largest absolute Gasteiger partial charge is 0.0533 e. The van der Waals surface area contributed by atoms with Gasteiger partial charge in [0.25, 0.3) is 0 Å². The average Bonchev–Trinajstić information content (AvgIpc) is 2.49. The molecule has 3 aliphatic rings. The van der Waals surface area contributed by atoms with Crippen LogP contribution < -0.4 is 0 Å². The van der Waals surface area contributed by atoms with E-state index in [0.29, 0.717) is 0 Å². The lowest BCUT2D eigenvalue weighted by Gasteiger charge is -2.43. The summed E-state index contributed by atoms with van der Waals surface area (Å²) in [4.78, 5) is 0. The van der Waals surface area contributed by atoms with Gasteiger partial charge in [-0.25, -0.2) is 0 Å². The summed E-state index contributed by atoms with van der Waals surface area (Å²) in [5, 5.41) is 0. The van der Waals surface area contributed by atoms with Crippen LogP contribution >= 0.6 is 0 Å². The molecular formula is C18H31. The molecule has 3 rings (SSSR count). The zero-order valence-electron chi connectivity index (χ0n) is 12.1. The molecule has 3 fully saturated rings. The smallest absolute Gasteiger partial charge is 0.0176 e. The first-order valence-electron chi connectivity index (χ1n) is 8.81. The van der Waals surface area contributed by atoms with E-state index in [1.54, 1.807) is 32.1 Å². The van der Waals surface area contributed by atoms with Crippen molar-refractivity contribution in [3.63, 3.8) is 0 Å². The Hall–Kier alpha value is 0. The highest BCUT2D eigenvalue weighted by Gasteiger charge is 2.37. The maximum atomic E-state index is 2.06. The maximum absolute atomic E-state index is 2.06. The molecule has 0 saturated heterocycles. The summed E-state index contributed by atoms with van der Waals surface area (Å²) >= 11 is 0. The Kier molecular flexibility index (Phi) is 4.65. The Morgan fingerprint density at radius 3 is 1.89 bits per heavy atom. The summed E-state index contributed by atoms with van der Waals surface area (Å²) < 4.78 is 0. The van der Waals surface area contributed by atoms with Gasteiger partial charge in [-0.2, -0.15) is 0 Å². The molecule has 0 N–H and O–H groups in total. The molecule has 1 unspecified atom stereocenters. The summed E-state index contributed by atoms with van der Waals surface area (Å²) in [7, 11) is 0. The van der Waals surface area contributed by atoms with Crippen LogP contribution in [0.4, 0.5) is 0 Å². The van der Waals surface area contributed by atoms with Crippen LogP contribution in [0, 0.1) is 23.7 Å². The van der Waals surface area contributed by atoms with Crippen molar-refractivity contribution in [1.82, 2.24) is 0 Å². The molecule has 3 aliphatic carbocycles. The third kappa shape index (κ3) is 2.94. The molecule has 3 saturated carbocycles. The van der Waals surface area contributed by atoms with Crippen LogP contribution in [0.3, 0.4) is 0 Å². The fourth-order valence-electron chi connectivity index (χ4n) is 5.12. The van der Waals surface area contributed by atoms with Crippen molar-refractivity contribution in [3.05, 3.63) is 5.92 Å². The van der Waals surface area contributed by atoms with Crippen LogP contribution in [0.1, 0.15) is 89.9 Å². The van der Waals surface area contributed by atoms with Crippen LogP contribution in [0.15, 0.2) is 0 Å². The van der Waals surface area contributed by atoms with Gasteiger partial charge in [-0.1, -0.05) is 64.2 Å². The van der Waals surface area contributed by atoms with Crippen LogP contribution in [0.2, 0.25) is 0 Å². The molecule has 0 nitrogen and oxygen atoms in total. The predicted molar refractivity (Wildman–Crippen MR) is 78.4 cm³/mol. The first-order chi connectivity index (χ1) is 8.95. The van der Waals surface area contributed by atoms with E-state index >= 15 is 0 Å². The van der Waals surface area contributed by atoms with Crippen molar-refractivity contribution in [3.8, 4) is 0 Å². The van der Waals surface area contributed by atoms with Gasteiger partial charge in [0.05, 0.1) is 0 Å².